The number of esters is 1. The largest absolute Gasteiger partial charge is 0.619 e. The number of methoxy groups -OCH3 is 1. The van der Waals surface area contributed by atoms with E-state index in [2.05, 4.69) is 10.2 Å². The van der Waals surface area contributed by atoms with Crippen molar-refractivity contribution in [1.29, 1.82) is 0 Å². The van der Waals surface area contributed by atoms with E-state index in [1.165, 1.54) is 24.5 Å². The lowest BCUT2D eigenvalue weighted by Gasteiger charge is -2.09. The summed E-state index contributed by atoms with van der Waals surface area (Å²) in [5.74, 6) is 0.618. The molecule has 0 unspecified atom stereocenters. The number of pyridine rings is 1. The summed E-state index contributed by atoms with van der Waals surface area (Å²) in [4.78, 5) is 12.0. The molecule has 3 aromatic rings. The maximum Gasteiger partial charge on any atom is 0.339 e. The number of carbonyl (C=O) groups excluding carboxylic acids is 1. The van der Waals surface area contributed by atoms with E-state index in [4.69, 9.17) is 13.9 Å². The summed E-state index contributed by atoms with van der Waals surface area (Å²) in [7, 11) is 1.58. The molecule has 0 radical (unpaired) electrons. The molecule has 0 spiro atoms. The van der Waals surface area contributed by atoms with Gasteiger partial charge in [-0.05, 0) is 31.2 Å². The highest BCUT2D eigenvalue weighted by Gasteiger charge is 2.20. The van der Waals surface area contributed by atoms with Crippen LogP contribution in [0.4, 0.5) is 0 Å². The number of ether oxygens (including phenoxy) is 2. The standard InChI is InChI=1S/C17H15N3O5/c1-11(24-17(21)13-7-9-20(22)10-8-13)15-18-19-16(25-15)12-3-5-14(23-2)6-4-12/h3-11H,1-2H3/t11-/m0/s1. The van der Waals surface area contributed by atoms with Crippen molar-refractivity contribution < 1.29 is 23.4 Å². The first-order chi connectivity index (χ1) is 12.1. The zero-order valence-electron chi connectivity index (χ0n) is 13.6. The molecule has 2 aromatic heterocycles. The molecule has 128 valence electrons. The van der Waals surface area contributed by atoms with Crippen molar-refractivity contribution in [1.82, 2.24) is 10.2 Å². The van der Waals surface area contributed by atoms with E-state index in [-0.39, 0.29) is 11.5 Å². The molecule has 25 heavy (non-hydrogen) atoms. The van der Waals surface area contributed by atoms with Crippen LogP contribution >= 0.6 is 0 Å². The predicted octanol–water partition coefficient (Wildman–Crippen LogP) is 2.30. The van der Waals surface area contributed by atoms with E-state index >= 15 is 0 Å². The van der Waals surface area contributed by atoms with Crippen LogP contribution in [0.2, 0.25) is 0 Å². The quantitative estimate of drug-likeness (QED) is 0.398. The monoisotopic (exact) mass is 341 g/mol. The van der Waals surface area contributed by atoms with Crippen molar-refractivity contribution in [3.05, 3.63) is 65.5 Å². The lowest BCUT2D eigenvalue weighted by molar-refractivity contribution is -0.605. The third-order valence-electron chi connectivity index (χ3n) is 3.45. The van der Waals surface area contributed by atoms with Gasteiger partial charge in [-0.1, -0.05) is 0 Å². The van der Waals surface area contributed by atoms with Crippen molar-refractivity contribution in [2.45, 2.75) is 13.0 Å². The SMILES string of the molecule is COc1ccc(-c2nnc([C@H](C)OC(=O)c3cc[n+]([O-])cc3)o2)cc1. The van der Waals surface area contributed by atoms with Gasteiger partial charge in [0.25, 0.3) is 5.89 Å². The fourth-order valence-corrected chi connectivity index (χ4v) is 2.08. The molecule has 0 aliphatic heterocycles. The van der Waals surface area contributed by atoms with Crippen LogP contribution in [-0.4, -0.2) is 23.3 Å². The minimum absolute atomic E-state index is 0.175. The van der Waals surface area contributed by atoms with E-state index in [0.717, 1.165) is 5.56 Å². The first kappa shape index (κ1) is 16.4. The molecule has 1 aromatic carbocycles. The van der Waals surface area contributed by atoms with E-state index in [1.807, 2.05) is 0 Å². The second kappa shape index (κ2) is 7.00. The molecule has 0 aliphatic rings. The summed E-state index contributed by atoms with van der Waals surface area (Å²) in [5.41, 5.74) is 0.981. The Morgan fingerprint density at radius 2 is 1.84 bits per heavy atom. The van der Waals surface area contributed by atoms with Crippen LogP contribution in [-0.2, 0) is 4.74 Å². The highest BCUT2D eigenvalue weighted by Crippen LogP contribution is 2.24. The van der Waals surface area contributed by atoms with Gasteiger partial charge in [0.15, 0.2) is 18.5 Å². The molecule has 0 N–H and O–H groups in total. The van der Waals surface area contributed by atoms with E-state index in [0.29, 0.717) is 16.4 Å². The Hall–Kier alpha value is -3.42. The maximum atomic E-state index is 12.0. The minimum Gasteiger partial charge on any atom is -0.619 e. The number of nitrogens with zero attached hydrogens (tertiary/aromatic N) is 3. The summed E-state index contributed by atoms with van der Waals surface area (Å²) in [5, 5.41) is 18.9. The van der Waals surface area contributed by atoms with Crippen molar-refractivity contribution in [3.63, 3.8) is 0 Å². The Bertz CT molecular complexity index is 859. The van der Waals surface area contributed by atoms with E-state index < -0.39 is 12.1 Å². The first-order valence-corrected chi connectivity index (χ1v) is 7.44. The predicted molar refractivity (Wildman–Crippen MR) is 85.5 cm³/mol. The molecule has 0 saturated carbocycles. The normalized spacial score (nSPS) is 11.8. The van der Waals surface area contributed by atoms with Gasteiger partial charge in [0, 0.05) is 17.7 Å². The molecule has 0 amide bonds. The molecule has 8 nitrogen and oxygen atoms in total. The van der Waals surface area contributed by atoms with Gasteiger partial charge in [-0.3, -0.25) is 0 Å². The highest BCUT2D eigenvalue weighted by atomic mass is 16.6. The third-order valence-corrected chi connectivity index (χ3v) is 3.45. The van der Waals surface area contributed by atoms with Gasteiger partial charge in [-0.2, -0.15) is 4.73 Å². The van der Waals surface area contributed by atoms with Crippen molar-refractivity contribution in [2.24, 2.45) is 0 Å². The number of hydrogen-bond donors (Lipinski definition) is 0. The van der Waals surface area contributed by atoms with Crippen molar-refractivity contribution >= 4 is 5.97 Å². The maximum absolute atomic E-state index is 12.0. The Morgan fingerprint density at radius 3 is 2.48 bits per heavy atom. The molecule has 1 atom stereocenters. The second-order valence-electron chi connectivity index (χ2n) is 5.17. The van der Waals surface area contributed by atoms with Crippen molar-refractivity contribution in [3.8, 4) is 17.2 Å². The Balaban J connectivity index is 1.70. The first-order valence-electron chi connectivity index (χ1n) is 7.44. The molecule has 0 aliphatic carbocycles. The van der Waals surface area contributed by atoms with Crippen LogP contribution in [0.1, 0.15) is 29.3 Å². The van der Waals surface area contributed by atoms with Gasteiger partial charge in [0.05, 0.1) is 12.7 Å². The highest BCUT2D eigenvalue weighted by molar-refractivity contribution is 5.89. The summed E-state index contributed by atoms with van der Waals surface area (Å²) < 4.78 is 16.5. The molecule has 3 rings (SSSR count). The molecule has 2 heterocycles. The molecule has 0 fully saturated rings. The van der Waals surface area contributed by atoms with Gasteiger partial charge < -0.3 is 19.1 Å². The van der Waals surface area contributed by atoms with Crippen LogP contribution < -0.4 is 9.47 Å². The van der Waals surface area contributed by atoms with Crippen LogP contribution in [0.15, 0.2) is 53.2 Å². The van der Waals surface area contributed by atoms with Crippen LogP contribution in [0.25, 0.3) is 11.5 Å². The minimum atomic E-state index is -0.730. The second-order valence-corrected chi connectivity index (χ2v) is 5.17. The summed E-state index contributed by atoms with van der Waals surface area (Å²) >= 11 is 0. The van der Waals surface area contributed by atoms with Gasteiger partial charge >= 0.3 is 5.97 Å². The van der Waals surface area contributed by atoms with Crippen LogP contribution in [0.5, 0.6) is 5.75 Å². The average molecular weight is 341 g/mol. The van der Waals surface area contributed by atoms with Gasteiger partial charge in [-0.15, -0.1) is 10.2 Å². The molecular weight excluding hydrogens is 326 g/mol. The lowest BCUT2D eigenvalue weighted by atomic mass is 10.2. The van der Waals surface area contributed by atoms with E-state index in [1.54, 1.807) is 38.3 Å². The van der Waals surface area contributed by atoms with E-state index in [9.17, 15) is 10.0 Å². The lowest BCUT2D eigenvalue weighted by Crippen LogP contribution is -2.24. The zero-order valence-corrected chi connectivity index (χ0v) is 13.6. The number of rotatable bonds is 5. The Morgan fingerprint density at radius 1 is 1.16 bits per heavy atom. The molecule has 0 saturated heterocycles. The smallest absolute Gasteiger partial charge is 0.339 e. The summed E-state index contributed by atoms with van der Waals surface area (Å²) in [6.07, 6.45) is 1.71. The van der Waals surface area contributed by atoms with Gasteiger partial charge in [0.2, 0.25) is 5.89 Å². The van der Waals surface area contributed by atoms with Crippen LogP contribution in [0, 0.1) is 5.21 Å². The van der Waals surface area contributed by atoms with Crippen molar-refractivity contribution in [2.75, 3.05) is 7.11 Å². The number of carbonyl (C=O) groups is 1. The summed E-state index contributed by atoms with van der Waals surface area (Å²) in [6, 6.07) is 9.88. The Labute approximate surface area is 143 Å². The third kappa shape index (κ3) is 3.74. The Kier molecular flexibility index (Phi) is 4.60. The molecule has 8 heteroatoms. The van der Waals surface area contributed by atoms with Crippen LogP contribution in [0.3, 0.4) is 0 Å². The zero-order chi connectivity index (χ0) is 17.8. The summed E-state index contributed by atoms with van der Waals surface area (Å²) in [6.45, 7) is 1.62. The number of aromatic nitrogens is 3. The number of benzene rings is 1. The average Bonchev–Trinajstić information content (AvgIpc) is 3.12. The van der Waals surface area contributed by atoms with Gasteiger partial charge in [0.1, 0.15) is 5.75 Å². The molecular formula is C17H15N3O5. The topological polar surface area (TPSA) is 101 Å². The molecule has 0 bridgehead atoms. The fourth-order valence-electron chi connectivity index (χ4n) is 2.08. The van der Waals surface area contributed by atoms with Gasteiger partial charge in [-0.25, -0.2) is 4.79 Å². The fraction of sp³-hybridized carbons (Fsp3) is 0.176. The number of hydrogen-bond acceptors (Lipinski definition) is 7.